The number of aromatic nitrogens is 1. The van der Waals surface area contributed by atoms with Gasteiger partial charge < -0.3 is 9.64 Å². The van der Waals surface area contributed by atoms with Crippen LogP contribution in [0.1, 0.15) is 49.6 Å². The van der Waals surface area contributed by atoms with Gasteiger partial charge in [0.05, 0.1) is 12.8 Å². The van der Waals surface area contributed by atoms with Crippen molar-refractivity contribution in [1.29, 1.82) is 0 Å². The van der Waals surface area contributed by atoms with Crippen LogP contribution in [0.2, 0.25) is 0 Å². The fraction of sp³-hybridized carbons (Fsp3) is 0.706. The number of pyridine rings is 1. The minimum atomic E-state index is -0.457. The minimum absolute atomic E-state index is 0.406. The van der Waals surface area contributed by atoms with Crippen LogP contribution in [0.25, 0.3) is 0 Å². The SMILES string of the molecule is COOC1(c2ccc(C(C)C)nc2CN(C)C)CCOCC1. The van der Waals surface area contributed by atoms with Crippen molar-refractivity contribution in [2.75, 3.05) is 34.4 Å². The molecule has 0 saturated carbocycles. The fourth-order valence-corrected chi connectivity index (χ4v) is 2.93. The van der Waals surface area contributed by atoms with E-state index < -0.39 is 5.60 Å². The first-order valence-electron chi connectivity index (χ1n) is 7.93. The number of ether oxygens (including phenoxy) is 1. The van der Waals surface area contributed by atoms with Crippen LogP contribution in [-0.2, 0) is 26.7 Å². The predicted molar refractivity (Wildman–Crippen MR) is 85.5 cm³/mol. The molecule has 0 aliphatic carbocycles. The van der Waals surface area contributed by atoms with Crippen molar-refractivity contribution in [2.24, 2.45) is 0 Å². The molecule has 0 N–H and O–H groups in total. The van der Waals surface area contributed by atoms with E-state index in [1.165, 1.54) is 0 Å². The van der Waals surface area contributed by atoms with Crippen molar-refractivity contribution in [3.63, 3.8) is 0 Å². The summed E-state index contributed by atoms with van der Waals surface area (Å²) in [5.41, 5.74) is 2.84. The molecule has 2 heterocycles. The van der Waals surface area contributed by atoms with Crippen LogP contribution in [0, 0.1) is 0 Å². The second kappa shape index (κ2) is 7.51. The Morgan fingerprint density at radius 3 is 2.50 bits per heavy atom. The molecule has 0 amide bonds. The second-order valence-corrected chi connectivity index (χ2v) is 6.48. The summed E-state index contributed by atoms with van der Waals surface area (Å²) < 4.78 is 5.51. The summed E-state index contributed by atoms with van der Waals surface area (Å²) in [5.74, 6) is 0.406. The maximum atomic E-state index is 5.74. The molecule has 0 radical (unpaired) electrons. The van der Waals surface area contributed by atoms with E-state index in [1.807, 2.05) is 0 Å². The van der Waals surface area contributed by atoms with Gasteiger partial charge in [-0.2, -0.15) is 0 Å². The van der Waals surface area contributed by atoms with Gasteiger partial charge in [0.25, 0.3) is 0 Å². The molecule has 2 rings (SSSR count). The maximum Gasteiger partial charge on any atom is 0.135 e. The van der Waals surface area contributed by atoms with Gasteiger partial charge in [-0.15, -0.1) is 0 Å². The highest BCUT2D eigenvalue weighted by atomic mass is 17.2. The van der Waals surface area contributed by atoms with E-state index in [2.05, 4.69) is 45.0 Å². The number of hydrogen-bond acceptors (Lipinski definition) is 5. The van der Waals surface area contributed by atoms with Gasteiger partial charge >= 0.3 is 0 Å². The lowest BCUT2D eigenvalue weighted by atomic mass is 9.84. The van der Waals surface area contributed by atoms with Crippen molar-refractivity contribution in [2.45, 2.75) is 44.8 Å². The molecule has 1 fully saturated rings. The van der Waals surface area contributed by atoms with Crippen LogP contribution in [-0.4, -0.2) is 44.3 Å². The Morgan fingerprint density at radius 2 is 1.95 bits per heavy atom. The van der Waals surface area contributed by atoms with E-state index in [1.54, 1.807) is 7.11 Å². The van der Waals surface area contributed by atoms with Gasteiger partial charge in [0.1, 0.15) is 5.60 Å². The number of nitrogens with zero attached hydrogens (tertiary/aromatic N) is 2. The van der Waals surface area contributed by atoms with Gasteiger partial charge in [0.15, 0.2) is 0 Å². The lowest BCUT2D eigenvalue weighted by molar-refractivity contribution is -0.363. The lowest BCUT2D eigenvalue weighted by Gasteiger charge is -2.37. The molecule has 5 nitrogen and oxygen atoms in total. The zero-order valence-corrected chi connectivity index (χ0v) is 14.4. The standard InChI is InChI=1S/C17H28N2O3/c1-13(2)15-7-6-14(16(18-15)12-19(3)4)17(22-20-5)8-10-21-11-9-17/h6-7,13H,8-12H2,1-5H3. The second-order valence-electron chi connectivity index (χ2n) is 6.48. The first-order chi connectivity index (χ1) is 10.5. The molecule has 0 aromatic carbocycles. The molecule has 0 spiro atoms. The third-order valence-corrected chi connectivity index (χ3v) is 4.09. The Kier molecular flexibility index (Phi) is 5.92. The minimum Gasteiger partial charge on any atom is -0.381 e. The number of hydrogen-bond donors (Lipinski definition) is 0. The van der Waals surface area contributed by atoms with Crippen molar-refractivity contribution >= 4 is 0 Å². The maximum absolute atomic E-state index is 5.74. The van der Waals surface area contributed by atoms with E-state index in [0.717, 1.165) is 36.3 Å². The third kappa shape index (κ3) is 3.84. The Labute approximate surface area is 133 Å². The summed E-state index contributed by atoms with van der Waals surface area (Å²) in [7, 11) is 5.68. The average Bonchev–Trinajstić information content (AvgIpc) is 2.47. The summed E-state index contributed by atoms with van der Waals surface area (Å²) in [5, 5.41) is 0. The first kappa shape index (κ1) is 17.3. The first-order valence-corrected chi connectivity index (χ1v) is 7.93. The van der Waals surface area contributed by atoms with E-state index in [0.29, 0.717) is 19.1 Å². The molecular formula is C17H28N2O3. The monoisotopic (exact) mass is 308 g/mol. The van der Waals surface area contributed by atoms with Crippen LogP contribution < -0.4 is 0 Å². The molecule has 1 saturated heterocycles. The Hall–Kier alpha value is -1.01. The number of rotatable bonds is 6. The van der Waals surface area contributed by atoms with Gasteiger partial charge in [-0.25, -0.2) is 9.78 Å². The zero-order valence-electron chi connectivity index (χ0n) is 14.4. The molecular weight excluding hydrogens is 280 g/mol. The molecule has 1 aliphatic heterocycles. The molecule has 0 bridgehead atoms. The van der Waals surface area contributed by atoms with Crippen LogP contribution in [0.15, 0.2) is 12.1 Å². The molecule has 1 aliphatic rings. The van der Waals surface area contributed by atoms with Crippen LogP contribution in [0.5, 0.6) is 0 Å². The van der Waals surface area contributed by atoms with Crippen molar-refractivity contribution in [3.8, 4) is 0 Å². The fourth-order valence-electron chi connectivity index (χ4n) is 2.93. The quantitative estimate of drug-likeness (QED) is 0.597. The summed E-state index contributed by atoms with van der Waals surface area (Å²) in [4.78, 5) is 17.9. The topological polar surface area (TPSA) is 43.8 Å². The van der Waals surface area contributed by atoms with Gasteiger partial charge in [0, 0.05) is 43.9 Å². The normalized spacial score (nSPS) is 18.1. The van der Waals surface area contributed by atoms with Gasteiger partial charge in [-0.3, -0.25) is 4.98 Å². The molecule has 1 aromatic heterocycles. The van der Waals surface area contributed by atoms with Crippen molar-refractivity contribution < 1.29 is 14.5 Å². The smallest absolute Gasteiger partial charge is 0.135 e. The predicted octanol–water partition coefficient (Wildman–Crippen LogP) is 2.85. The third-order valence-electron chi connectivity index (χ3n) is 4.09. The molecule has 1 aromatic rings. The molecule has 5 heteroatoms. The van der Waals surface area contributed by atoms with E-state index in [-0.39, 0.29) is 0 Å². The zero-order chi connectivity index (χ0) is 16.2. The summed E-state index contributed by atoms with van der Waals surface area (Å²) >= 11 is 0. The average molecular weight is 308 g/mol. The van der Waals surface area contributed by atoms with Crippen LogP contribution in [0.4, 0.5) is 0 Å². The lowest BCUT2D eigenvalue weighted by Crippen LogP contribution is -2.38. The summed E-state index contributed by atoms with van der Waals surface area (Å²) in [6, 6.07) is 4.26. The molecule has 0 unspecified atom stereocenters. The Balaban J connectivity index is 2.45. The molecule has 22 heavy (non-hydrogen) atoms. The summed E-state index contributed by atoms with van der Waals surface area (Å²) in [6.07, 6.45) is 1.56. The highest BCUT2D eigenvalue weighted by Crippen LogP contribution is 2.38. The van der Waals surface area contributed by atoms with Gasteiger partial charge in [-0.1, -0.05) is 19.9 Å². The van der Waals surface area contributed by atoms with E-state index in [9.17, 15) is 0 Å². The van der Waals surface area contributed by atoms with Gasteiger partial charge in [0.2, 0.25) is 0 Å². The Bertz CT molecular complexity index is 477. The highest BCUT2D eigenvalue weighted by molar-refractivity contribution is 5.31. The largest absolute Gasteiger partial charge is 0.381 e. The molecule has 0 atom stereocenters. The summed E-state index contributed by atoms with van der Waals surface area (Å²) in [6.45, 7) is 6.47. The highest BCUT2D eigenvalue weighted by Gasteiger charge is 2.39. The Morgan fingerprint density at radius 1 is 1.27 bits per heavy atom. The van der Waals surface area contributed by atoms with E-state index >= 15 is 0 Å². The van der Waals surface area contributed by atoms with Crippen molar-refractivity contribution in [3.05, 3.63) is 29.1 Å². The van der Waals surface area contributed by atoms with E-state index in [4.69, 9.17) is 19.5 Å². The van der Waals surface area contributed by atoms with Crippen molar-refractivity contribution in [1.82, 2.24) is 9.88 Å². The van der Waals surface area contributed by atoms with Crippen LogP contribution in [0.3, 0.4) is 0 Å². The van der Waals surface area contributed by atoms with Gasteiger partial charge in [-0.05, 0) is 26.1 Å². The molecule has 124 valence electrons. The van der Waals surface area contributed by atoms with Crippen LogP contribution >= 0.6 is 0 Å².